The van der Waals surface area contributed by atoms with Gasteiger partial charge in [0, 0.05) is 13.5 Å². The molecule has 3 atom stereocenters. The summed E-state index contributed by atoms with van der Waals surface area (Å²) >= 11 is 1.29. The van der Waals surface area contributed by atoms with E-state index in [1.807, 2.05) is 0 Å². The van der Waals surface area contributed by atoms with Gasteiger partial charge in [0.05, 0.1) is 13.2 Å². The van der Waals surface area contributed by atoms with Crippen LogP contribution in [0.2, 0.25) is 0 Å². The normalized spacial score (nSPS) is 27.5. The van der Waals surface area contributed by atoms with E-state index in [4.69, 9.17) is 11.2 Å². The van der Waals surface area contributed by atoms with E-state index in [9.17, 15) is 10.3 Å². The molecule has 1 aliphatic heterocycles. The molecule has 0 amide bonds. The van der Waals surface area contributed by atoms with Crippen LogP contribution in [0, 0.1) is 17.6 Å². The van der Waals surface area contributed by atoms with Crippen molar-refractivity contribution in [3.63, 3.8) is 0 Å². The van der Waals surface area contributed by atoms with Crippen molar-refractivity contribution in [1.29, 1.82) is 0 Å². The molecule has 0 saturated carbocycles. The van der Waals surface area contributed by atoms with Crippen molar-refractivity contribution in [1.82, 2.24) is 19.7 Å². The Morgan fingerprint density at radius 3 is 2.92 bits per heavy atom. The van der Waals surface area contributed by atoms with E-state index in [1.165, 1.54) is 31.3 Å². The summed E-state index contributed by atoms with van der Waals surface area (Å²) in [6.45, 7) is 2.76. The molecule has 2 rings (SSSR count). The highest BCUT2D eigenvalue weighted by Crippen LogP contribution is 2.36. The molecule has 0 bridgehead atoms. The highest BCUT2D eigenvalue weighted by molar-refractivity contribution is 7.15. The van der Waals surface area contributed by atoms with Crippen LogP contribution in [-0.4, -0.2) is 59.4 Å². The first-order valence-corrected chi connectivity index (χ1v) is 9.14. The number of methoxy groups -OCH3 is 1. The van der Waals surface area contributed by atoms with Gasteiger partial charge in [-0.05, 0) is 17.8 Å². The van der Waals surface area contributed by atoms with Crippen molar-refractivity contribution in [2.75, 3.05) is 26.9 Å². The van der Waals surface area contributed by atoms with Crippen LogP contribution in [0.15, 0.2) is 0 Å². The fourth-order valence-electron chi connectivity index (χ4n) is 2.95. The van der Waals surface area contributed by atoms with Gasteiger partial charge in [0.25, 0.3) is 0 Å². The predicted molar refractivity (Wildman–Crippen MR) is 95.0 cm³/mol. The van der Waals surface area contributed by atoms with Gasteiger partial charge in [-0.2, -0.15) is 0 Å². The lowest BCUT2D eigenvalue weighted by molar-refractivity contribution is 0.0212. The molecule has 0 radical (unpaired) electrons. The first-order valence-electron chi connectivity index (χ1n) is 8.33. The molecule has 7 nitrogen and oxygen atoms in total. The van der Waals surface area contributed by atoms with E-state index >= 15 is 0 Å². The number of aliphatic hydroxyl groups excluding tert-OH is 1. The number of aromatic nitrogens is 2. The second-order valence-corrected chi connectivity index (χ2v) is 7.15. The van der Waals surface area contributed by atoms with Crippen molar-refractivity contribution < 1.29 is 9.84 Å². The second-order valence-electron chi connectivity index (χ2n) is 6.11. The van der Waals surface area contributed by atoms with Gasteiger partial charge in [-0.15, -0.1) is 11.5 Å². The molecule has 8 heteroatoms. The molecule has 1 aromatic rings. The van der Waals surface area contributed by atoms with Gasteiger partial charge in [0.15, 0.2) is 0 Å². The monoisotopic (exact) mass is 354 g/mol. The zero-order chi connectivity index (χ0) is 17.6. The standard InChI is InChI=1S/C16H26N4O3S/c1-4-6-7-8-9-14-17-18-16(24-14)20(22)12-19(10-5-2)13(11-23-3)15(20)21/h2,13,15,21H,4,6-12H2,1,3H3. The number of aryl methyl sites for hydroxylation is 1. The van der Waals surface area contributed by atoms with Gasteiger partial charge in [-0.1, -0.05) is 37.2 Å². The molecule has 1 aliphatic rings. The summed E-state index contributed by atoms with van der Waals surface area (Å²) in [7, 11) is 1.54. The van der Waals surface area contributed by atoms with Gasteiger partial charge in [0.2, 0.25) is 6.23 Å². The van der Waals surface area contributed by atoms with Gasteiger partial charge < -0.3 is 15.1 Å². The zero-order valence-corrected chi connectivity index (χ0v) is 15.2. The number of hydrogen-bond donors (Lipinski definition) is 1. The minimum atomic E-state index is -1.18. The van der Waals surface area contributed by atoms with Crippen molar-refractivity contribution in [2.45, 2.75) is 51.3 Å². The molecule has 1 fully saturated rings. The lowest BCUT2D eigenvalue weighted by atomic mass is 10.2. The SMILES string of the molecule is C#CCN1C[N+]([O-])(c2nnc(CCCCCC)s2)C(O)C1COC. The number of nitrogens with zero attached hydrogens (tertiary/aromatic N) is 4. The van der Waals surface area contributed by atoms with E-state index < -0.39 is 16.9 Å². The fraction of sp³-hybridized carbons (Fsp3) is 0.750. The highest BCUT2D eigenvalue weighted by Gasteiger charge is 2.50. The number of hydrogen-bond acceptors (Lipinski definition) is 7. The maximum atomic E-state index is 13.2. The van der Waals surface area contributed by atoms with Crippen LogP contribution in [0.5, 0.6) is 0 Å². The zero-order valence-electron chi connectivity index (χ0n) is 14.3. The lowest BCUT2D eigenvalue weighted by Gasteiger charge is -2.37. The molecular formula is C16H26N4O3S. The smallest absolute Gasteiger partial charge is 0.309 e. The van der Waals surface area contributed by atoms with E-state index in [-0.39, 0.29) is 25.0 Å². The Morgan fingerprint density at radius 1 is 1.46 bits per heavy atom. The molecule has 134 valence electrons. The molecule has 3 unspecified atom stereocenters. The van der Waals surface area contributed by atoms with Crippen LogP contribution in [0.1, 0.15) is 37.6 Å². The van der Waals surface area contributed by atoms with Crippen molar-refractivity contribution in [2.24, 2.45) is 0 Å². The maximum Gasteiger partial charge on any atom is 0.309 e. The Kier molecular flexibility index (Phi) is 7.10. The molecule has 24 heavy (non-hydrogen) atoms. The number of quaternary nitrogens is 1. The van der Waals surface area contributed by atoms with Crippen LogP contribution in [0.25, 0.3) is 0 Å². The predicted octanol–water partition coefficient (Wildman–Crippen LogP) is 1.71. The van der Waals surface area contributed by atoms with Crippen LogP contribution < -0.4 is 4.65 Å². The Labute approximate surface area is 147 Å². The van der Waals surface area contributed by atoms with Crippen LogP contribution >= 0.6 is 11.3 Å². The number of unbranched alkanes of at least 4 members (excludes halogenated alkanes) is 3. The third kappa shape index (κ3) is 4.11. The largest absolute Gasteiger partial charge is 0.623 e. The molecule has 1 saturated heterocycles. The second kappa shape index (κ2) is 8.85. The van der Waals surface area contributed by atoms with E-state index in [0.717, 1.165) is 24.3 Å². The maximum absolute atomic E-state index is 13.2. The number of ether oxygens (including phenoxy) is 1. The van der Waals surface area contributed by atoms with Crippen LogP contribution in [0.3, 0.4) is 0 Å². The average Bonchev–Trinajstić information content (AvgIpc) is 3.13. The summed E-state index contributed by atoms with van der Waals surface area (Å²) in [6.07, 6.45) is 9.59. The highest BCUT2D eigenvalue weighted by atomic mass is 32.1. The summed E-state index contributed by atoms with van der Waals surface area (Å²) in [6, 6.07) is -0.444. The van der Waals surface area contributed by atoms with Crippen molar-refractivity contribution in [3.8, 4) is 12.3 Å². The van der Waals surface area contributed by atoms with Gasteiger partial charge >= 0.3 is 5.13 Å². The molecule has 0 aromatic carbocycles. The summed E-state index contributed by atoms with van der Waals surface area (Å²) in [4.78, 5) is 1.77. The van der Waals surface area contributed by atoms with E-state index in [1.54, 1.807) is 4.90 Å². The molecule has 1 aromatic heterocycles. The molecule has 1 N–H and O–H groups in total. The summed E-state index contributed by atoms with van der Waals surface area (Å²) in [5, 5.41) is 33.1. The van der Waals surface area contributed by atoms with E-state index in [0.29, 0.717) is 0 Å². The lowest BCUT2D eigenvalue weighted by Crippen LogP contribution is -2.51. The molecular weight excluding hydrogens is 328 g/mol. The molecule has 0 aliphatic carbocycles. The number of aliphatic hydroxyl groups is 1. The summed E-state index contributed by atoms with van der Waals surface area (Å²) in [5.74, 6) is 2.53. The number of rotatable bonds is 9. The van der Waals surface area contributed by atoms with E-state index in [2.05, 4.69) is 23.0 Å². The minimum absolute atomic E-state index is 0.0594. The first-order chi connectivity index (χ1) is 11.6. The minimum Gasteiger partial charge on any atom is -0.623 e. The number of terminal acetylenes is 1. The fourth-order valence-corrected chi connectivity index (χ4v) is 3.89. The Morgan fingerprint density at radius 2 is 2.25 bits per heavy atom. The van der Waals surface area contributed by atoms with Crippen LogP contribution in [0.4, 0.5) is 5.13 Å². The van der Waals surface area contributed by atoms with Gasteiger partial charge in [-0.25, -0.2) is 4.90 Å². The summed E-state index contributed by atoms with van der Waals surface area (Å²) in [5.41, 5.74) is 0. The average molecular weight is 354 g/mol. The molecule has 0 spiro atoms. The molecule has 2 heterocycles. The quantitative estimate of drug-likeness (QED) is 0.315. The third-order valence-corrected chi connectivity index (χ3v) is 5.38. The topological polar surface area (TPSA) is 81.5 Å². The Balaban J connectivity index is 2.09. The first kappa shape index (κ1) is 19.2. The van der Waals surface area contributed by atoms with Gasteiger partial charge in [-0.3, -0.25) is 4.65 Å². The number of hydroxylamine groups is 2. The Hall–Kier alpha value is -1.08. The Bertz CT molecular complexity index is 562. The van der Waals surface area contributed by atoms with Crippen molar-refractivity contribution >= 4 is 16.5 Å². The van der Waals surface area contributed by atoms with Crippen molar-refractivity contribution in [3.05, 3.63) is 10.2 Å². The summed E-state index contributed by atoms with van der Waals surface area (Å²) < 4.78 is 4.20. The van der Waals surface area contributed by atoms with Gasteiger partial charge in [0.1, 0.15) is 17.7 Å². The third-order valence-electron chi connectivity index (χ3n) is 4.29. The van der Waals surface area contributed by atoms with Crippen LogP contribution in [-0.2, 0) is 11.2 Å².